The molecule has 9 heavy (non-hydrogen) atoms. The first-order valence-corrected chi connectivity index (χ1v) is 2.59. The van der Waals surface area contributed by atoms with Gasteiger partial charge in [0.15, 0.2) is 0 Å². The SMILES string of the molecule is Cc1cccn(O)c1=O. The second-order valence-electron chi connectivity index (χ2n) is 1.84. The molecule has 0 saturated heterocycles. The number of hydrogen-bond donors (Lipinski definition) is 1. The molecule has 3 heteroatoms. The molecule has 1 N–H and O–H groups in total. The zero-order chi connectivity index (χ0) is 6.85. The molecule has 0 unspecified atom stereocenters. The van der Waals surface area contributed by atoms with Gasteiger partial charge in [0.2, 0.25) is 0 Å². The lowest BCUT2D eigenvalue weighted by Crippen LogP contribution is -2.18. The van der Waals surface area contributed by atoms with Gasteiger partial charge in [-0.3, -0.25) is 4.79 Å². The van der Waals surface area contributed by atoms with Gasteiger partial charge in [0, 0.05) is 11.8 Å². The summed E-state index contributed by atoms with van der Waals surface area (Å²) in [4.78, 5) is 10.7. The van der Waals surface area contributed by atoms with E-state index in [0.717, 1.165) is 0 Å². The Kier molecular flexibility index (Phi) is 1.26. The first kappa shape index (κ1) is 5.88. The van der Waals surface area contributed by atoms with Crippen LogP contribution in [0.4, 0.5) is 0 Å². The Balaban J connectivity index is 3.43. The van der Waals surface area contributed by atoms with E-state index in [9.17, 15) is 4.79 Å². The van der Waals surface area contributed by atoms with Crippen molar-refractivity contribution in [2.24, 2.45) is 0 Å². The number of hydrogen-bond acceptors (Lipinski definition) is 2. The molecule has 0 aromatic carbocycles. The van der Waals surface area contributed by atoms with Gasteiger partial charge < -0.3 is 5.21 Å². The van der Waals surface area contributed by atoms with Crippen molar-refractivity contribution in [2.45, 2.75) is 6.92 Å². The molecule has 3 nitrogen and oxygen atoms in total. The number of aromatic nitrogens is 1. The molecule has 48 valence electrons. The maximum Gasteiger partial charge on any atom is 0.285 e. The Morgan fingerprint density at radius 1 is 1.67 bits per heavy atom. The van der Waals surface area contributed by atoms with Crippen LogP contribution in [-0.2, 0) is 0 Å². The van der Waals surface area contributed by atoms with Gasteiger partial charge >= 0.3 is 0 Å². The Labute approximate surface area is 52.1 Å². The summed E-state index contributed by atoms with van der Waals surface area (Å²) in [6.45, 7) is 1.65. The zero-order valence-corrected chi connectivity index (χ0v) is 5.03. The van der Waals surface area contributed by atoms with E-state index in [1.54, 1.807) is 19.1 Å². The van der Waals surface area contributed by atoms with Crippen molar-refractivity contribution in [1.82, 2.24) is 4.73 Å². The van der Waals surface area contributed by atoms with E-state index in [1.165, 1.54) is 6.20 Å². The van der Waals surface area contributed by atoms with Crippen molar-refractivity contribution in [3.05, 3.63) is 34.2 Å². The predicted molar refractivity (Wildman–Crippen MR) is 32.6 cm³/mol. The van der Waals surface area contributed by atoms with E-state index >= 15 is 0 Å². The summed E-state index contributed by atoms with van der Waals surface area (Å²) in [6, 6.07) is 3.26. The fraction of sp³-hybridized carbons (Fsp3) is 0.167. The van der Waals surface area contributed by atoms with Crippen LogP contribution in [0, 0.1) is 6.92 Å². The molecule has 0 saturated carbocycles. The first-order chi connectivity index (χ1) is 4.22. The zero-order valence-electron chi connectivity index (χ0n) is 5.03. The third-order valence-electron chi connectivity index (χ3n) is 1.12. The highest BCUT2D eigenvalue weighted by Gasteiger charge is 1.92. The largest absolute Gasteiger partial charge is 0.425 e. The molecule has 0 atom stereocenters. The number of pyridine rings is 1. The standard InChI is InChI=1S/C6H7NO2/c1-5-3-2-4-7(9)6(5)8/h2-4,9H,1H3. The summed E-state index contributed by atoms with van der Waals surface area (Å²) in [5.74, 6) is 0. The third-order valence-corrected chi connectivity index (χ3v) is 1.12. The maximum absolute atomic E-state index is 10.7. The molecule has 0 spiro atoms. The number of nitrogens with zero attached hydrogens (tertiary/aromatic N) is 1. The highest BCUT2D eigenvalue weighted by Crippen LogP contribution is 1.84. The third kappa shape index (κ3) is 0.937. The predicted octanol–water partition coefficient (Wildman–Crippen LogP) is 0.394. The van der Waals surface area contributed by atoms with Crippen molar-refractivity contribution >= 4 is 0 Å². The minimum absolute atomic E-state index is 0.363. The first-order valence-electron chi connectivity index (χ1n) is 2.59. The molecular formula is C6H7NO2. The molecule has 1 aromatic heterocycles. The van der Waals surface area contributed by atoms with E-state index in [2.05, 4.69) is 0 Å². The Morgan fingerprint density at radius 2 is 2.33 bits per heavy atom. The van der Waals surface area contributed by atoms with Gasteiger partial charge in [0.25, 0.3) is 5.56 Å². The lowest BCUT2D eigenvalue weighted by molar-refractivity contribution is 0.174. The molecule has 0 aliphatic heterocycles. The van der Waals surface area contributed by atoms with Gasteiger partial charge in [-0.15, -0.1) is 0 Å². The Bertz CT molecular complexity index is 241. The van der Waals surface area contributed by atoms with Crippen LogP contribution in [0.5, 0.6) is 0 Å². The highest BCUT2D eigenvalue weighted by atomic mass is 16.5. The van der Waals surface area contributed by atoms with E-state index in [4.69, 9.17) is 5.21 Å². The second kappa shape index (κ2) is 1.93. The van der Waals surface area contributed by atoms with Crippen molar-refractivity contribution in [3.63, 3.8) is 0 Å². The smallest absolute Gasteiger partial charge is 0.285 e. The topological polar surface area (TPSA) is 42.2 Å². The Morgan fingerprint density at radius 3 is 2.78 bits per heavy atom. The lowest BCUT2D eigenvalue weighted by atomic mass is 10.3. The monoisotopic (exact) mass is 125 g/mol. The molecule has 1 heterocycles. The summed E-state index contributed by atoms with van der Waals surface area (Å²) in [6.07, 6.45) is 1.30. The molecule has 0 fully saturated rings. The van der Waals surface area contributed by atoms with Crippen LogP contribution in [0.3, 0.4) is 0 Å². The molecule has 1 rings (SSSR count). The summed E-state index contributed by atoms with van der Waals surface area (Å²) in [7, 11) is 0. The Hall–Kier alpha value is -1.25. The maximum atomic E-state index is 10.7. The molecule has 0 aliphatic rings. The number of rotatable bonds is 0. The van der Waals surface area contributed by atoms with Crippen LogP contribution in [0.15, 0.2) is 23.1 Å². The number of aryl methyl sites for hydroxylation is 1. The van der Waals surface area contributed by atoms with E-state index in [0.29, 0.717) is 10.3 Å². The average Bonchev–Trinajstić information content (AvgIpc) is 1.83. The van der Waals surface area contributed by atoms with Gasteiger partial charge in [0.05, 0.1) is 0 Å². The average molecular weight is 125 g/mol. The fourth-order valence-corrected chi connectivity index (χ4v) is 0.589. The second-order valence-corrected chi connectivity index (χ2v) is 1.84. The summed E-state index contributed by atoms with van der Waals surface area (Å²) >= 11 is 0. The van der Waals surface area contributed by atoms with Crippen LogP contribution in [-0.4, -0.2) is 9.94 Å². The molecular weight excluding hydrogens is 118 g/mol. The van der Waals surface area contributed by atoms with Gasteiger partial charge in [0.1, 0.15) is 0 Å². The van der Waals surface area contributed by atoms with Gasteiger partial charge in [-0.2, -0.15) is 4.73 Å². The van der Waals surface area contributed by atoms with Crippen LogP contribution >= 0.6 is 0 Å². The van der Waals surface area contributed by atoms with E-state index in [1.807, 2.05) is 0 Å². The van der Waals surface area contributed by atoms with Gasteiger partial charge in [-0.1, -0.05) is 6.07 Å². The summed E-state index contributed by atoms with van der Waals surface area (Å²) in [5.41, 5.74) is 0.178. The molecule has 1 aromatic rings. The molecule has 0 aliphatic carbocycles. The fourth-order valence-electron chi connectivity index (χ4n) is 0.589. The van der Waals surface area contributed by atoms with Crippen LogP contribution in [0.2, 0.25) is 0 Å². The summed E-state index contributed by atoms with van der Waals surface area (Å²) < 4.78 is 0.565. The minimum atomic E-state index is -0.363. The summed E-state index contributed by atoms with van der Waals surface area (Å²) in [5, 5.41) is 8.70. The van der Waals surface area contributed by atoms with E-state index in [-0.39, 0.29) is 5.56 Å². The highest BCUT2D eigenvalue weighted by molar-refractivity contribution is 5.06. The normalized spacial score (nSPS) is 9.44. The molecule has 0 bridgehead atoms. The quantitative estimate of drug-likeness (QED) is 0.510. The van der Waals surface area contributed by atoms with Crippen molar-refractivity contribution in [1.29, 1.82) is 0 Å². The lowest BCUT2D eigenvalue weighted by Gasteiger charge is -1.93. The van der Waals surface area contributed by atoms with Crippen LogP contribution in [0.25, 0.3) is 0 Å². The van der Waals surface area contributed by atoms with Crippen LogP contribution in [0.1, 0.15) is 5.56 Å². The van der Waals surface area contributed by atoms with Crippen molar-refractivity contribution < 1.29 is 5.21 Å². The minimum Gasteiger partial charge on any atom is -0.425 e. The van der Waals surface area contributed by atoms with Crippen LogP contribution < -0.4 is 5.56 Å². The molecule has 0 amide bonds. The van der Waals surface area contributed by atoms with Crippen molar-refractivity contribution in [3.8, 4) is 0 Å². The van der Waals surface area contributed by atoms with Gasteiger partial charge in [-0.25, -0.2) is 0 Å². The van der Waals surface area contributed by atoms with E-state index < -0.39 is 0 Å². The van der Waals surface area contributed by atoms with Gasteiger partial charge in [-0.05, 0) is 13.0 Å². The molecule has 0 radical (unpaired) electrons. The van der Waals surface area contributed by atoms with Crippen molar-refractivity contribution in [2.75, 3.05) is 0 Å².